The van der Waals surface area contributed by atoms with Crippen molar-refractivity contribution >= 4 is 11.9 Å². The third-order valence-electron chi connectivity index (χ3n) is 2.23. The molecule has 2 aromatic rings. The van der Waals surface area contributed by atoms with E-state index in [0.717, 1.165) is 5.56 Å². The Balaban J connectivity index is 2.12. The summed E-state index contributed by atoms with van der Waals surface area (Å²) in [5.41, 5.74) is 1.71. The lowest BCUT2D eigenvalue weighted by Gasteiger charge is -1.92. The van der Waals surface area contributed by atoms with E-state index in [1.807, 2.05) is 36.4 Å². The molecule has 1 aromatic carbocycles. The van der Waals surface area contributed by atoms with E-state index in [1.54, 1.807) is 30.6 Å². The molecule has 2 nitrogen and oxygen atoms in total. The lowest BCUT2D eigenvalue weighted by atomic mass is 10.1. The van der Waals surface area contributed by atoms with Crippen molar-refractivity contribution in [2.24, 2.45) is 0 Å². The predicted octanol–water partition coefficient (Wildman–Crippen LogP) is 2.40. The molecule has 0 aliphatic rings. The van der Waals surface area contributed by atoms with Crippen LogP contribution in [0.15, 0.2) is 60.9 Å². The molecule has 16 heavy (non-hydrogen) atoms. The quantitative estimate of drug-likeness (QED) is 0.565. The highest BCUT2D eigenvalue weighted by molar-refractivity contribution is 6.06. The molecular formula is C14H12NO+. The average Bonchev–Trinajstić information content (AvgIpc) is 2.38. The van der Waals surface area contributed by atoms with Gasteiger partial charge >= 0.3 is 0 Å². The summed E-state index contributed by atoms with van der Waals surface area (Å²) in [5.74, 6) is 0.0119. The van der Waals surface area contributed by atoms with E-state index in [9.17, 15) is 4.79 Å². The molecule has 0 radical (unpaired) electrons. The minimum absolute atomic E-state index is 0.0119. The number of carbonyl (C=O) groups excluding carboxylic acids is 1. The SMILES string of the molecule is O=C(C=Cc1ccccc1)c1cc[nH+]cc1. The zero-order chi connectivity index (χ0) is 11.2. The van der Waals surface area contributed by atoms with E-state index in [2.05, 4.69) is 4.98 Å². The first kappa shape index (κ1) is 10.3. The first-order valence-electron chi connectivity index (χ1n) is 5.10. The summed E-state index contributed by atoms with van der Waals surface area (Å²) in [6, 6.07) is 13.3. The highest BCUT2D eigenvalue weighted by Gasteiger charge is 2.00. The number of hydrogen-bond acceptors (Lipinski definition) is 1. The number of rotatable bonds is 3. The number of allylic oxidation sites excluding steroid dienone is 1. The number of nitrogens with one attached hydrogen (secondary N) is 1. The maximum Gasteiger partial charge on any atom is 0.186 e. The number of benzene rings is 1. The molecule has 78 valence electrons. The van der Waals surface area contributed by atoms with Gasteiger partial charge in [0.05, 0.1) is 0 Å². The second-order valence-corrected chi connectivity index (χ2v) is 3.40. The van der Waals surface area contributed by atoms with Crippen molar-refractivity contribution in [3.8, 4) is 0 Å². The predicted molar refractivity (Wildman–Crippen MR) is 62.8 cm³/mol. The van der Waals surface area contributed by atoms with Crippen LogP contribution in [0.2, 0.25) is 0 Å². The van der Waals surface area contributed by atoms with Crippen LogP contribution in [0, 0.1) is 0 Å². The molecule has 0 saturated carbocycles. The largest absolute Gasteiger partial charge is 0.289 e. The van der Waals surface area contributed by atoms with Gasteiger partial charge in [0.15, 0.2) is 18.2 Å². The summed E-state index contributed by atoms with van der Waals surface area (Å²) in [4.78, 5) is 14.6. The summed E-state index contributed by atoms with van der Waals surface area (Å²) in [6.07, 6.45) is 6.89. The molecule has 0 spiro atoms. The molecule has 1 heterocycles. The Morgan fingerprint density at radius 1 is 1.00 bits per heavy atom. The molecule has 0 amide bonds. The fourth-order valence-electron chi connectivity index (χ4n) is 1.38. The molecule has 0 bridgehead atoms. The molecule has 2 rings (SSSR count). The van der Waals surface area contributed by atoms with Crippen molar-refractivity contribution in [1.29, 1.82) is 0 Å². The third kappa shape index (κ3) is 2.64. The Morgan fingerprint density at radius 3 is 2.38 bits per heavy atom. The Kier molecular flexibility index (Phi) is 3.24. The summed E-state index contributed by atoms with van der Waals surface area (Å²) >= 11 is 0. The zero-order valence-electron chi connectivity index (χ0n) is 8.76. The van der Waals surface area contributed by atoms with E-state index in [1.165, 1.54) is 0 Å². The molecule has 1 aromatic heterocycles. The van der Waals surface area contributed by atoms with Crippen LogP contribution in [-0.4, -0.2) is 5.78 Å². The summed E-state index contributed by atoms with van der Waals surface area (Å²) in [5, 5.41) is 0. The molecule has 1 N–H and O–H groups in total. The van der Waals surface area contributed by atoms with Gasteiger partial charge < -0.3 is 0 Å². The van der Waals surface area contributed by atoms with Crippen LogP contribution < -0.4 is 4.98 Å². The van der Waals surface area contributed by atoms with Crippen LogP contribution in [0.5, 0.6) is 0 Å². The minimum Gasteiger partial charge on any atom is -0.289 e. The fourth-order valence-corrected chi connectivity index (χ4v) is 1.38. The van der Waals surface area contributed by atoms with Crippen LogP contribution in [0.3, 0.4) is 0 Å². The number of pyridine rings is 1. The number of carbonyl (C=O) groups is 1. The smallest absolute Gasteiger partial charge is 0.186 e. The van der Waals surface area contributed by atoms with Crippen LogP contribution in [0.4, 0.5) is 0 Å². The fraction of sp³-hybridized carbons (Fsp3) is 0. The van der Waals surface area contributed by atoms with Gasteiger partial charge in [-0.3, -0.25) is 4.79 Å². The average molecular weight is 210 g/mol. The van der Waals surface area contributed by atoms with Gasteiger partial charge in [-0.15, -0.1) is 0 Å². The van der Waals surface area contributed by atoms with Gasteiger partial charge in [-0.05, 0) is 11.6 Å². The van der Waals surface area contributed by atoms with Gasteiger partial charge in [-0.2, -0.15) is 0 Å². The molecule has 0 fully saturated rings. The first-order chi connectivity index (χ1) is 7.86. The molecule has 0 aliphatic heterocycles. The Labute approximate surface area is 94.3 Å². The number of aromatic nitrogens is 1. The Bertz CT molecular complexity index is 489. The number of aromatic amines is 1. The standard InChI is InChI=1S/C14H11NO/c16-14(13-8-10-15-11-9-13)7-6-12-4-2-1-3-5-12/h1-11H/p+1. The van der Waals surface area contributed by atoms with Gasteiger partial charge in [-0.1, -0.05) is 36.4 Å². The van der Waals surface area contributed by atoms with Gasteiger partial charge in [0.25, 0.3) is 0 Å². The van der Waals surface area contributed by atoms with E-state index in [-0.39, 0.29) is 5.78 Å². The second kappa shape index (κ2) is 5.03. The summed E-state index contributed by atoms with van der Waals surface area (Å²) < 4.78 is 0. The molecule has 0 saturated heterocycles. The van der Waals surface area contributed by atoms with Gasteiger partial charge in [0.2, 0.25) is 0 Å². The van der Waals surface area contributed by atoms with Gasteiger partial charge in [0.1, 0.15) is 0 Å². The molecule has 2 heteroatoms. The van der Waals surface area contributed by atoms with Gasteiger partial charge in [-0.25, -0.2) is 4.98 Å². The monoisotopic (exact) mass is 210 g/mol. The molecule has 0 aliphatic carbocycles. The number of H-pyrrole nitrogens is 1. The summed E-state index contributed by atoms with van der Waals surface area (Å²) in [7, 11) is 0. The second-order valence-electron chi connectivity index (χ2n) is 3.40. The topological polar surface area (TPSA) is 31.2 Å². The van der Waals surface area contributed by atoms with E-state index < -0.39 is 0 Å². The number of hydrogen-bond donors (Lipinski definition) is 0. The van der Waals surface area contributed by atoms with Crippen LogP contribution in [-0.2, 0) is 0 Å². The van der Waals surface area contributed by atoms with Crippen molar-refractivity contribution < 1.29 is 9.78 Å². The Hall–Kier alpha value is -2.22. The first-order valence-corrected chi connectivity index (χ1v) is 5.10. The Morgan fingerprint density at radius 2 is 1.69 bits per heavy atom. The normalized spacial score (nSPS) is 10.5. The van der Waals surface area contributed by atoms with Crippen molar-refractivity contribution in [3.05, 3.63) is 72.1 Å². The molecular weight excluding hydrogens is 198 g/mol. The van der Waals surface area contributed by atoms with E-state index in [0.29, 0.717) is 5.56 Å². The number of ketones is 1. The highest BCUT2D eigenvalue weighted by atomic mass is 16.1. The van der Waals surface area contributed by atoms with Crippen LogP contribution >= 0.6 is 0 Å². The van der Waals surface area contributed by atoms with Gasteiger partial charge in [0, 0.05) is 17.7 Å². The zero-order valence-corrected chi connectivity index (χ0v) is 8.76. The lowest BCUT2D eigenvalue weighted by molar-refractivity contribution is -0.378. The van der Waals surface area contributed by atoms with Crippen molar-refractivity contribution in [3.63, 3.8) is 0 Å². The molecule has 0 atom stereocenters. The van der Waals surface area contributed by atoms with Crippen LogP contribution in [0.1, 0.15) is 15.9 Å². The lowest BCUT2D eigenvalue weighted by Crippen LogP contribution is -2.01. The maximum absolute atomic E-state index is 11.7. The highest BCUT2D eigenvalue weighted by Crippen LogP contribution is 2.04. The maximum atomic E-state index is 11.7. The molecule has 0 unspecified atom stereocenters. The van der Waals surface area contributed by atoms with Crippen molar-refractivity contribution in [2.75, 3.05) is 0 Å². The van der Waals surface area contributed by atoms with E-state index >= 15 is 0 Å². The third-order valence-corrected chi connectivity index (χ3v) is 2.23. The van der Waals surface area contributed by atoms with Crippen LogP contribution in [0.25, 0.3) is 6.08 Å². The minimum atomic E-state index is 0.0119. The van der Waals surface area contributed by atoms with Crippen molar-refractivity contribution in [2.45, 2.75) is 0 Å². The van der Waals surface area contributed by atoms with Crippen molar-refractivity contribution in [1.82, 2.24) is 0 Å². The summed E-state index contributed by atoms with van der Waals surface area (Å²) in [6.45, 7) is 0. The van der Waals surface area contributed by atoms with E-state index in [4.69, 9.17) is 0 Å².